The Balaban J connectivity index is 1.93. The molecule has 2 amide bonds. The molecule has 0 aliphatic carbocycles. The van der Waals surface area contributed by atoms with Gasteiger partial charge in [-0.3, -0.25) is 9.59 Å². The Morgan fingerprint density at radius 1 is 1.15 bits per heavy atom. The molecule has 1 atom stereocenters. The molecule has 5 nitrogen and oxygen atoms in total. The molecule has 0 aliphatic rings. The number of amides is 2. The Hall–Kier alpha value is -2.30. The number of aromatic amines is 1. The molecule has 0 radical (unpaired) electrons. The van der Waals surface area contributed by atoms with Crippen molar-refractivity contribution < 1.29 is 9.59 Å². The molecule has 1 unspecified atom stereocenters. The van der Waals surface area contributed by atoms with Gasteiger partial charge in [0.1, 0.15) is 6.04 Å². The number of H-pyrrole nitrogens is 1. The minimum atomic E-state index is -0.561. The van der Waals surface area contributed by atoms with Gasteiger partial charge in [-0.25, -0.2) is 0 Å². The Labute approximate surface area is 155 Å². The number of unbranched alkanes of at least 4 members (excludes halogenated alkanes) is 1. The lowest BCUT2D eigenvalue weighted by Crippen LogP contribution is -2.47. The minimum Gasteiger partial charge on any atom is -0.361 e. The van der Waals surface area contributed by atoms with Crippen LogP contribution in [0, 0.1) is 5.41 Å². The number of carbonyl (C=O) groups is 2. The lowest BCUT2D eigenvalue weighted by atomic mass is 9.90. The summed E-state index contributed by atoms with van der Waals surface area (Å²) in [5.74, 6) is -0.320. The lowest BCUT2D eigenvalue weighted by Gasteiger charge is -2.19. The van der Waals surface area contributed by atoms with Gasteiger partial charge in [0.15, 0.2) is 0 Å². The maximum atomic E-state index is 12.6. The molecule has 142 valence electrons. The molecule has 0 aliphatic heterocycles. The molecular weight excluding hydrogens is 326 g/mol. The van der Waals surface area contributed by atoms with Crippen LogP contribution in [-0.4, -0.2) is 29.4 Å². The first-order valence-corrected chi connectivity index (χ1v) is 9.36. The second kappa shape index (κ2) is 8.88. The van der Waals surface area contributed by atoms with Crippen molar-refractivity contribution in [1.82, 2.24) is 15.6 Å². The monoisotopic (exact) mass is 357 g/mol. The highest BCUT2D eigenvalue weighted by atomic mass is 16.2. The second-order valence-electron chi connectivity index (χ2n) is 8.13. The van der Waals surface area contributed by atoms with E-state index in [9.17, 15) is 9.59 Å². The molecule has 2 aromatic rings. The molecule has 1 aromatic carbocycles. The number of aromatic nitrogens is 1. The number of hydrogen-bond donors (Lipinski definition) is 3. The molecule has 0 fully saturated rings. The van der Waals surface area contributed by atoms with E-state index in [1.807, 2.05) is 30.5 Å². The van der Waals surface area contributed by atoms with E-state index in [0.29, 0.717) is 18.4 Å². The van der Waals surface area contributed by atoms with Crippen LogP contribution in [0.25, 0.3) is 10.9 Å². The number of para-hydroxylation sites is 1. The number of benzene rings is 1. The van der Waals surface area contributed by atoms with Crippen LogP contribution in [0.5, 0.6) is 0 Å². The molecule has 0 spiro atoms. The second-order valence-corrected chi connectivity index (χ2v) is 8.13. The van der Waals surface area contributed by atoms with Crippen molar-refractivity contribution in [1.29, 1.82) is 0 Å². The van der Waals surface area contributed by atoms with E-state index in [2.05, 4.69) is 36.4 Å². The number of nitrogens with one attached hydrogen (secondary N) is 3. The Morgan fingerprint density at radius 2 is 1.88 bits per heavy atom. The van der Waals surface area contributed by atoms with Crippen LogP contribution in [0.4, 0.5) is 0 Å². The molecular formula is C21H31N3O2. The maximum Gasteiger partial charge on any atom is 0.242 e. The third-order valence-electron chi connectivity index (χ3n) is 4.45. The smallest absolute Gasteiger partial charge is 0.242 e. The zero-order valence-corrected chi connectivity index (χ0v) is 16.3. The fourth-order valence-corrected chi connectivity index (χ4v) is 3.09. The highest BCUT2D eigenvalue weighted by Gasteiger charge is 2.21. The molecule has 0 saturated carbocycles. The Kier molecular flexibility index (Phi) is 6.83. The van der Waals surface area contributed by atoms with Crippen molar-refractivity contribution in [2.45, 2.75) is 59.4 Å². The van der Waals surface area contributed by atoms with Gasteiger partial charge < -0.3 is 15.6 Å². The Morgan fingerprint density at radius 3 is 2.58 bits per heavy atom. The third-order valence-corrected chi connectivity index (χ3v) is 4.45. The van der Waals surface area contributed by atoms with Crippen LogP contribution in [0.3, 0.4) is 0 Å². The summed E-state index contributed by atoms with van der Waals surface area (Å²) in [6.07, 6.45) is 5.54. The maximum absolute atomic E-state index is 12.6. The summed E-state index contributed by atoms with van der Waals surface area (Å²) in [6, 6.07) is 7.41. The van der Waals surface area contributed by atoms with Crippen molar-refractivity contribution in [3.05, 3.63) is 36.0 Å². The first-order valence-electron chi connectivity index (χ1n) is 9.36. The molecule has 3 N–H and O–H groups in total. The summed E-state index contributed by atoms with van der Waals surface area (Å²) in [4.78, 5) is 27.3. The average molecular weight is 357 g/mol. The fraction of sp³-hybridized carbons (Fsp3) is 0.524. The highest BCUT2D eigenvalue weighted by molar-refractivity contribution is 5.89. The molecule has 5 heteroatoms. The van der Waals surface area contributed by atoms with Gasteiger partial charge in [0.05, 0.1) is 0 Å². The minimum absolute atomic E-state index is 0.124. The zero-order chi connectivity index (χ0) is 19.2. The quantitative estimate of drug-likeness (QED) is 0.632. The molecule has 0 bridgehead atoms. The molecule has 0 saturated heterocycles. The summed E-state index contributed by atoms with van der Waals surface area (Å²) < 4.78 is 0. The SMILES string of the molecule is CC(=O)NC(Cc1c[nH]c2ccccc12)C(=O)NCCCCC(C)(C)C. The van der Waals surface area contributed by atoms with Crippen LogP contribution in [0.2, 0.25) is 0 Å². The molecule has 1 aromatic heterocycles. The molecule has 1 heterocycles. The van der Waals surface area contributed by atoms with Crippen LogP contribution in [0.15, 0.2) is 30.5 Å². The fourth-order valence-electron chi connectivity index (χ4n) is 3.09. The first kappa shape index (κ1) is 20.0. The van der Waals surface area contributed by atoms with E-state index in [4.69, 9.17) is 0 Å². The first-order chi connectivity index (χ1) is 12.3. The van der Waals surface area contributed by atoms with Crippen molar-refractivity contribution in [3.8, 4) is 0 Å². The van der Waals surface area contributed by atoms with E-state index in [0.717, 1.165) is 35.7 Å². The summed E-state index contributed by atoms with van der Waals surface area (Å²) in [5.41, 5.74) is 2.38. The van der Waals surface area contributed by atoms with Gasteiger partial charge in [-0.1, -0.05) is 45.4 Å². The molecule has 2 rings (SSSR count). The van der Waals surface area contributed by atoms with Gasteiger partial charge in [-0.15, -0.1) is 0 Å². The van der Waals surface area contributed by atoms with Crippen molar-refractivity contribution in [3.63, 3.8) is 0 Å². The van der Waals surface area contributed by atoms with E-state index in [-0.39, 0.29) is 11.8 Å². The van der Waals surface area contributed by atoms with Crippen LogP contribution in [-0.2, 0) is 16.0 Å². The van der Waals surface area contributed by atoms with Crippen LogP contribution >= 0.6 is 0 Å². The normalized spacial score (nSPS) is 12.8. The summed E-state index contributed by atoms with van der Waals surface area (Å²) in [6.45, 7) is 8.75. The highest BCUT2D eigenvalue weighted by Crippen LogP contribution is 2.21. The van der Waals surface area contributed by atoms with Crippen LogP contribution in [0.1, 0.15) is 52.5 Å². The summed E-state index contributed by atoms with van der Waals surface area (Å²) in [7, 11) is 0. The van der Waals surface area contributed by atoms with Crippen molar-refractivity contribution in [2.24, 2.45) is 5.41 Å². The Bertz CT molecular complexity index is 743. The van der Waals surface area contributed by atoms with Crippen molar-refractivity contribution >= 4 is 22.7 Å². The van der Waals surface area contributed by atoms with E-state index in [1.54, 1.807) is 0 Å². The van der Waals surface area contributed by atoms with Crippen LogP contribution < -0.4 is 10.6 Å². The van der Waals surface area contributed by atoms with Crippen molar-refractivity contribution in [2.75, 3.05) is 6.54 Å². The summed E-state index contributed by atoms with van der Waals surface area (Å²) >= 11 is 0. The predicted molar refractivity (Wildman–Crippen MR) is 106 cm³/mol. The number of fused-ring (bicyclic) bond motifs is 1. The van der Waals surface area contributed by atoms with Gasteiger partial charge in [0.25, 0.3) is 0 Å². The molecule has 26 heavy (non-hydrogen) atoms. The van der Waals surface area contributed by atoms with Gasteiger partial charge in [-0.2, -0.15) is 0 Å². The van der Waals surface area contributed by atoms with Gasteiger partial charge in [0, 0.05) is 37.0 Å². The van der Waals surface area contributed by atoms with Gasteiger partial charge >= 0.3 is 0 Å². The standard InChI is InChI=1S/C21H31N3O2/c1-15(25)24-19(20(26)22-12-8-7-11-21(2,3)4)13-16-14-23-18-10-6-5-9-17(16)18/h5-6,9-10,14,19,23H,7-8,11-13H2,1-4H3,(H,22,26)(H,24,25). The largest absolute Gasteiger partial charge is 0.361 e. The van der Waals surface area contributed by atoms with E-state index < -0.39 is 6.04 Å². The third kappa shape index (κ3) is 6.21. The zero-order valence-electron chi connectivity index (χ0n) is 16.3. The van der Waals surface area contributed by atoms with E-state index in [1.165, 1.54) is 6.92 Å². The predicted octanol–water partition coefficient (Wildman–Crippen LogP) is 3.55. The van der Waals surface area contributed by atoms with E-state index >= 15 is 0 Å². The summed E-state index contributed by atoms with van der Waals surface area (Å²) in [5, 5.41) is 6.84. The number of rotatable bonds is 8. The van der Waals surface area contributed by atoms with Gasteiger partial charge in [-0.05, 0) is 29.9 Å². The average Bonchev–Trinajstić information content (AvgIpc) is 2.95. The number of carbonyl (C=O) groups excluding carboxylic acids is 2. The lowest BCUT2D eigenvalue weighted by molar-refractivity contribution is -0.128. The number of hydrogen-bond acceptors (Lipinski definition) is 2. The van der Waals surface area contributed by atoms with Gasteiger partial charge in [0.2, 0.25) is 11.8 Å². The topological polar surface area (TPSA) is 74.0 Å².